The molecule has 1 aliphatic rings. The van der Waals surface area contributed by atoms with Gasteiger partial charge in [-0.05, 0) is 55.5 Å². The number of para-hydroxylation sites is 2. The largest absolute Gasteiger partial charge is 0.494 e. The molecule has 38 heavy (non-hydrogen) atoms. The Morgan fingerprint density at radius 1 is 0.947 bits per heavy atom. The first kappa shape index (κ1) is 24.5. The Hall–Kier alpha value is -5.18. The van der Waals surface area contributed by atoms with Gasteiger partial charge in [-0.15, -0.1) is 0 Å². The maximum absolute atomic E-state index is 13.4. The summed E-state index contributed by atoms with van der Waals surface area (Å²) in [5.74, 6) is -1.17. The van der Waals surface area contributed by atoms with Crippen molar-refractivity contribution in [3.05, 3.63) is 96.2 Å². The van der Waals surface area contributed by atoms with E-state index in [1.54, 1.807) is 47.2 Å². The van der Waals surface area contributed by atoms with Crippen LogP contribution in [0.25, 0.3) is 17.0 Å². The summed E-state index contributed by atoms with van der Waals surface area (Å²) in [6.45, 7) is 2.35. The van der Waals surface area contributed by atoms with Crippen LogP contribution < -0.4 is 20.3 Å². The van der Waals surface area contributed by atoms with Gasteiger partial charge in [0.1, 0.15) is 17.9 Å². The molecule has 190 valence electrons. The van der Waals surface area contributed by atoms with E-state index in [9.17, 15) is 19.2 Å². The lowest BCUT2D eigenvalue weighted by Crippen LogP contribution is -2.54. The van der Waals surface area contributed by atoms with E-state index in [1.807, 2.05) is 49.4 Å². The summed E-state index contributed by atoms with van der Waals surface area (Å²) in [5, 5.41) is 5.84. The molecular weight excluding hydrogens is 484 g/mol. The van der Waals surface area contributed by atoms with Crippen LogP contribution >= 0.6 is 0 Å². The number of ether oxygens (including phenoxy) is 1. The van der Waals surface area contributed by atoms with Gasteiger partial charge < -0.3 is 14.6 Å². The van der Waals surface area contributed by atoms with Crippen LogP contribution in [-0.2, 0) is 20.9 Å². The van der Waals surface area contributed by atoms with Crippen LogP contribution in [0.15, 0.2) is 90.6 Å². The molecule has 5 rings (SSSR count). The zero-order chi connectivity index (χ0) is 26.6. The fourth-order valence-corrected chi connectivity index (χ4v) is 4.30. The zero-order valence-corrected chi connectivity index (χ0v) is 20.5. The van der Waals surface area contributed by atoms with Crippen LogP contribution in [0.3, 0.4) is 0 Å². The van der Waals surface area contributed by atoms with Gasteiger partial charge in [0.05, 0.1) is 12.3 Å². The van der Waals surface area contributed by atoms with Gasteiger partial charge in [0.25, 0.3) is 11.8 Å². The van der Waals surface area contributed by atoms with Gasteiger partial charge in [0.2, 0.25) is 5.91 Å². The molecule has 0 spiro atoms. The molecule has 4 aromatic rings. The highest BCUT2D eigenvalue weighted by Crippen LogP contribution is 2.27. The van der Waals surface area contributed by atoms with Crippen molar-refractivity contribution in [3.8, 4) is 5.75 Å². The Morgan fingerprint density at radius 2 is 1.66 bits per heavy atom. The zero-order valence-electron chi connectivity index (χ0n) is 20.5. The van der Waals surface area contributed by atoms with Gasteiger partial charge in [-0.2, -0.15) is 0 Å². The molecule has 3 aromatic carbocycles. The minimum atomic E-state index is -0.832. The molecule has 0 aliphatic carbocycles. The maximum Gasteiger partial charge on any atom is 0.335 e. The summed E-state index contributed by atoms with van der Waals surface area (Å²) < 4.78 is 7.17. The lowest BCUT2D eigenvalue weighted by molar-refractivity contribution is -0.122. The van der Waals surface area contributed by atoms with Gasteiger partial charge in [-0.25, -0.2) is 9.69 Å². The highest BCUT2D eigenvalue weighted by Gasteiger charge is 2.37. The fraction of sp³-hybridized carbons (Fsp3) is 0.103. The van der Waals surface area contributed by atoms with Crippen LogP contribution in [0.2, 0.25) is 0 Å². The lowest BCUT2D eigenvalue weighted by atomic mass is 10.1. The number of imide groups is 2. The van der Waals surface area contributed by atoms with Crippen molar-refractivity contribution in [1.29, 1.82) is 0 Å². The second-order valence-electron chi connectivity index (χ2n) is 8.53. The predicted octanol–water partition coefficient (Wildman–Crippen LogP) is 4.35. The molecule has 1 aliphatic heterocycles. The topological polar surface area (TPSA) is 110 Å². The monoisotopic (exact) mass is 508 g/mol. The average molecular weight is 509 g/mol. The van der Waals surface area contributed by atoms with Gasteiger partial charge in [-0.1, -0.05) is 36.4 Å². The minimum absolute atomic E-state index is 0.0233. The number of carbonyl (C=O) groups excluding carboxylic acids is 4. The van der Waals surface area contributed by atoms with E-state index in [-0.39, 0.29) is 18.0 Å². The molecule has 9 heteroatoms. The number of hydrogen-bond donors (Lipinski definition) is 2. The van der Waals surface area contributed by atoms with Crippen LogP contribution in [0.4, 0.5) is 16.2 Å². The smallest absolute Gasteiger partial charge is 0.335 e. The van der Waals surface area contributed by atoms with E-state index in [0.29, 0.717) is 29.3 Å². The van der Waals surface area contributed by atoms with E-state index in [4.69, 9.17) is 4.74 Å². The SMILES string of the molecule is CCOc1ccc(N2C(=O)NC(=O)/C(=C\c3cn(CC(=O)Nc4ccccc4)c4ccccc34)C2=O)cc1. The van der Waals surface area contributed by atoms with Crippen molar-refractivity contribution in [2.45, 2.75) is 13.5 Å². The summed E-state index contributed by atoms with van der Waals surface area (Å²) in [7, 11) is 0. The normalized spacial score (nSPS) is 14.6. The Balaban J connectivity index is 1.46. The first-order chi connectivity index (χ1) is 18.4. The number of nitrogens with zero attached hydrogens (tertiary/aromatic N) is 2. The quantitative estimate of drug-likeness (QED) is 0.285. The summed E-state index contributed by atoms with van der Waals surface area (Å²) in [6, 6.07) is 22.1. The van der Waals surface area contributed by atoms with E-state index in [2.05, 4.69) is 10.6 Å². The van der Waals surface area contributed by atoms with Gasteiger partial charge in [-0.3, -0.25) is 19.7 Å². The first-order valence-corrected chi connectivity index (χ1v) is 12.0. The number of barbiturate groups is 1. The number of aromatic nitrogens is 1. The molecule has 5 amide bonds. The highest BCUT2D eigenvalue weighted by atomic mass is 16.5. The number of rotatable bonds is 7. The second kappa shape index (κ2) is 10.4. The van der Waals surface area contributed by atoms with Crippen LogP contribution in [-0.4, -0.2) is 34.9 Å². The molecule has 0 atom stereocenters. The maximum atomic E-state index is 13.4. The third-order valence-electron chi connectivity index (χ3n) is 6.00. The highest BCUT2D eigenvalue weighted by molar-refractivity contribution is 6.39. The molecule has 2 heterocycles. The summed E-state index contributed by atoms with van der Waals surface area (Å²) in [5.41, 5.74) is 2.10. The van der Waals surface area contributed by atoms with Crippen molar-refractivity contribution in [2.75, 3.05) is 16.8 Å². The molecule has 1 aromatic heterocycles. The Morgan fingerprint density at radius 3 is 2.39 bits per heavy atom. The van der Waals surface area contributed by atoms with Crippen molar-refractivity contribution in [2.24, 2.45) is 0 Å². The van der Waals surface area contributed by atoms with Crippen LogP contribution in [0.1, 0.15) is 12.5 Å². The average Bonchev–Trinajstić information content (AvgIpc) is 3.25. The van der Waals surface area contributed by atoms with E-state index >= 15 is 0 Å². The first-order valence-electron chi connectivity index (χ1n) is 12.0. The van der Waals surface area contributed by atoms with Crippen LogP contribution in [0, 0.1) is 0 Å². The van der Waals surface area contributed by atoms with E-state index in [0.717, 1.165) is 15.8 Å². The van der Waals surface area contributed by atoms with Crippen molar-refractivity contribution >= 4 is 52.1 Å². The number of fused-ring (bicyclic) bond motifs is 1. The van der Waals surface area contributed by atoms with Gasteiger partial charge >= 0.3 is 6.03 Å². The standard InChI is InChI=1S/C29H24N4O5/c1-2-38-22-14-12-21(13-15-22)33-28(36)24(27(35)31-29(33)37)16-19-17-32(25-11-7-6-10-23(19)25)18-26(34)30-20-8-4-3-5-9-20/h3-17H,2,18H2,1H3,(H,30,34)(H,31,35,37)/b24-16+. The summed E-state index contributed by atoms with van der Waals surface area (Å²) in [6.07, 6.45) is 3.15. The number of amides is 5. The van der Waals surface area contributed by atoms with E-state index in [1.165, 1.54) is 6.08 Å². The van der Waals surface area contributed by atoms with Crippen molar-refractivity contribution in [1.82, 2.24) is 9.88 Å². The summed E-state index contributed by atoms with van der Waals surface area (Å²) >= 11 is 0. The van der Waals surface area contributed by atoms with E-state index < -0.39 is 17.8 Å². The molecule has 9 nitrogen and oxygen atoms in total. The fourth-order valence-electron chi connectivity index (χ4n) is 4.30. The van der Waals surface area contributed by atoms with Gasteiger partial charge in [0, 0.05) is 28.4 Å². The molecular formula is C29H24N4O5. The molecule has 0 bridgehead atoms. The third-order valence-corrected chi connectivity index (χ3v) is 6.00. The summed E-state index contributed by atoms with van der Waals surface area (Å²) in [4.78, 5) is 52.3. The molecule has 0 unspecified atom stereocenters. The van der Waals surface area contributed by atoms with Gasteiger partial charge in [0.15, 0.2) is 0 Å². The number of benzene rings is 3. The Labute approximate surface area is 218 Å². The molecule has 0 radical (unpaired) electrons. The Bertz CT molecular complexity index is 1570. The minimum Gasteiger partial charge on any atom is -0.494 e. The number of carbonyl (C=O) groups is 4. The lowest BCUT2D eigenvalue weighted by Gasteiger charge is -2.26. The van der Waals surface area contributed by atoms with Crippen LogP contribution in [0.5, 0.6) is 5.75 Å². The number of nitrogens with one attached hydrogen (secondary N) is 2. The number of hydrogen-bond acceptors (Lipinski definition) is 5. The van der Waals surface area contributed by atoms with Crippen molar-refractivity contribution < 1.29 is 23.9 Å². The number of anilines is 2. The molecule has 0 saturated carbocycles. The third kappa shape index (κ3) is 4.90. The second-order valence-corrected chi connectivity index (χ2v) is 8.53. The predicted molar refractivity (Wildman–Crippen MR) is 144 cm³/mol. The Kier molecular flexibility index (Phi) is 6.73. The molecule has 1 saturated heterocycles. The number of urea groups is 1. The van der Waals surface area contributed by atoms with Crippen molar-refractivity contribution in [3.63, 3.8) is 0 Å². The molecule has 2 N–H and O–H groups in total. The molecule has 1 fully saturated rings.